The summed E-state index contributed by atoms with van der Waals surface area (Å²) >= 11 is 1.56. The fraction of sp³-hybridized carbons (Fsp3) is 0.143. The smallest absolute Gasteiger partial charge is 0.337 e. The number of methoxy groups -OCH3 is 3. The number of carbonyl (C=O) groups excluding carboxylic acids is 2. The van der Waals surface area contributed by atoms with Crippen LogP contribution >= 0.6 is 11.3 Å². The minimum Gasteiger partial charge on any atom is -0.496 e. The molecule has 3 aromatic rings. The van der Waals surface area contributed by atoms with Gasteiger partial charge < -0.3 is 14.2 Å². The van der Waals surface area contributed by atoms with Gasteiger partial charge in [0.15, 0.2) is 5.78 Å². The normalized spacial score (nSPS) is 10.3. The maximum Gasteiger partial charge on any atom is 0.337 e. The van der Waals surface area contributed by atoms with Gasteiger partial charge in [-0.1, -0.05) is 18.2 Å². The first-order valence-electron chi connectivity index (χ1n) is 8.12. The molecule has 0 N–H and O–H groups in total. The topological polar surface area (TPSA) is 61.8 Å². The van der Waals surface area contributed by atoms with E-state index in [0.717, 1.165) is 10.4 Å². The van der Waals surface area contributed by atoms with Gasteiger partial charge in [0, 0.05) is 22.1 Å². The van der Waals surface area contributed by atoms with Gasteiger partial charge in [-0.2, -0.15) is 0 Å². The second-order valence-corrected chi connectivity index (χ2v) is 6.58. The van der Waals surface area contributed by atoms with Crippen LogP contribution in [0.1, 0.15) is 26.3 Å². The average Bonchev–Trinajstić information content (AvgIpc) is 3.26. The molecule has 1 heterocycles. The van der Waals surface area contributed by atoms with Gasteiger partial charge in [-0.3, -0.25) is 4.79 Å². The van der Waals surface area contributed by atoms with Crippen LogP contribution in [0.5, 0.6) is 11.5 Å². The highest BCUT2D eigenvalue weighted by Crippen LogP contribution is 2.38. The summed E-state index contributed by atoms with van der Waals surface area (Å²) < 4.78 is 15.6. The Kier molecular flexibility index (Phi) is 5.57. The summed E-state index contributed by atoms with van der Waals surface area (Å²) in [7, 11) is 4.41. The first-order chi connectivity index (χ1) is 13.1. The Hall–Kier alpha value is -3.12. The van der Waals surface area contributed by atoms with Crippen LogP contribution in [0.3, 0.4) is 0 Å². The van der Waals surface area contributed by atoms with Crippen molar-refractivity contribution in [3.63, 3.8) is 0 Å². The maximum atomic E-state index is 13.1. The summed E-state index contributed by atoms with van der Waals surface area (Å²) in [5.74, 6) is 0.404. The minimum atomic E-state index is -0.448. The molecule has 138 valence electrons. The first kappa shape index (κ1) is 18.7. The van der Waals surface area contributed by atoms with Crippen LogP contribution in [-0.4, -0.2) is 33.1 Å². The molecular weight excluding hydrogens is 364 g/mol. The van der Waals surface area contributed by atoms with Crippen LogP contribution in [-0.2, 0) is 4.74 Å². The van der Waals surface area contributed by atoms with E-state index in [0.29, 0.717) is 28.2 Å². The number of carbonyl (C=O) groups is 2. The summed E-state index contributed by atoms with van der Waals surface area (Å²) in [5, 5.41) is 1.96. The Morgan fingerprint density at radius 2 is 1.52 bits per heavy atom. The summed E-state index contributed by atoms with van der Waals surface area (Å²) in [6, 6.07) is 13.7. The van der Waals surface area contributed by atoms with E-state index < -0.39 is 5.97 Å². The molecule has 0 bridgehead atoms. The van der Waals surface area contributed by atoms with Crippen molar-refractivity contribution < 1.29 is 23.8 Å². The predicted octanol–water partition coefficient (Wildman–Crippen LogP) is 4.45. The third-order valence-electron chi connectivity index (χ3n) is 4.12. The van der Waals surface area contributed by atoms with E-state index in [1.165, 1.54) is 14.2 Å². The second-order valence-electron chi connectivity index (χ2n) is 5.63. The lowest BCUT2D eigenvalue weighted by atomic mass is 9.98. The largest absolute Gasteiger partial charge is 0.496 e. The number of ketones is 1. The van der Waals surface area contributed by atoms with Crippen LogP contribution in [0, 0.1) is 0 Å². The molecule has 0 amide bonds. The molecule has 1 aromatic heterocycles. The van der Waals surface area contributed by atoms with Crippen molar-refractivity contribution in [2.45, 2.75) is 0 Å². The molecule has 27 heavy (non-hydrogen) atoms. The molecule has 0 saturated heterocycles. The fourth-order valence-corrected chi connectivity index (χ4v) is 3.48. The Labute approximate surface area is 161 Å². The average molecular weight is 382 g/mol. The van der Waals surface area contributed by atoms with E-state index in [9.17, 15) is 9.59 Å². The van der Waals surface area contributed by atoms with Gasteiger partial charge in [0.05, 0.1) is 32.5 Å². The van der Waals surface area contributed by atoms with Crippen LogP contribution in [0.15, 0.2) is 53.9 Å². The third kappa shape index (κ3) is 3.71. The van der Waals surface area contributed by atoms with Gasteiger partial charge in [-0.15, -0.1) is 11.3 Å². The van der Waals surface area contributed by atoms with Crippen molar-refractivity contribution in [1.29, 1.82) is 0 Å². The monoisotopic (exact) mass is 382 g/mol. The number of hydrogen-bond donors (Lipinski definition) is 0. The SMILES string of the molecule is COC(=O)c1ccc(C(=O)c2cc(-c3cccs3)c(OC)cc2OC)cc1. The lowest BCUT2D eigenvalue weighted by Gasteiger charge is -2.14. The minimum absolute atomic E-state index is 0.205. The highest BCUT2D eigenvalue weighted by Gasteiger charge is 2.20. The lowest BCUT2D eigenvalue weighted by Crippen LogP contribution is -2.06. The molecular formula is C21H18O5S. The first-order valence-corrected chi connectivity index (χ1v) is 9.00. The maximum absolute atomic E-state index is 13.1. The molecule has 0 unspecified atom stereocenters. The number of benzene rings is 2. The molecule has 0 atom stereocenters. The highest BCUT2D eigenvalue weighted by atomic mass is 32.1. The highest BCUT2D eigenvalue weighted by molar-refractivity contribution is 7.13. The van der Waals surface area contributed by atoms with E-state index in [4.69, 9.17) is 9.47 Å². The number of thiophene rings is 1. The number of ether oxygens (including phenoxy) is 3. The second kappa shape index (κ2) is 8.05. The Balaban J connectivity index is 2.05. The lowest BCUT2D eigenvalue weighted by molar-refractivity contribution is 0.0600. The molecule has 0 saturated carbocycles. The molecule has 3 rings (SSSR count). The van der Waals surface area contributed by atoms with Crippen molar-refractivity contribution in [2.24, 2.45) is 0 Å². The molecule has 6 heteroatoms. The number of hydrogen-bond acceptors (Lipinski definition) is 6. The van der Waals surface area contributed by atoms with Gasteiger partial charge >= 0.3 is 5.97 Å². The van der Waals surface area contributed by atoms with Crippen LogP contribution in [0.25, 0.3) is 10.4 Å². The summed E-state index contributed by atoms with van der Waals surface area (Å²) in [4.78, 5) is 25.6. The zero-order chi connectivity index (χ0) is 19.4. The van der Waals surface area contributed by atoms with Crippen molar-refractivity contribution >= 4 is 23.1 Å². The third-order valence-corrected chi connectivity index (χ3v) is 5.02. The molecule has 5 nitrogen and oxygen atoms in total. The number of rotatable bonds is 6. The summed E-state index contributed by atoms with van der Waals surface area (Å²) in [5.41, 5.74) is 2.08. The van der Waals surface area contributed by atoms with Crippen LogP contribution in [0.4, 0.5) is 0 Å². The van der Waals surface area contributed by atoms with Crippen molar-refractivity contribution in [1.82, 2.24) is 0 Å². The standard InChI is InChI=1S/C21H18O5S/c1-24-17-12-18(25-2)16(11-15(17)19-5-4-10-27-19)20(22)13-6-8-14(9-7-13)21(23)26-3/h4-12H,1-3H3. The van der Waals surface area contributed by atoms with E-state index in [1.54, 1.807) is 54.8 Å². The Morgan fingerprint density at radius 1 is 0.852 bits per heavy atom. The van der Waals surface area contributed by atoms with E-state index in [1.807, 2.05) is 17.5 Å². The van der Waals surface area contributed by atoms with Crippen molar-refractivity contribution in [2.75, 3.05) is 21.3 Å². The summed E-state index contributed by atoms with van der Waals surface area (Å²) in [6.45, 7) is 0. The number of esters is 1. The Bertz CT molecular complexity index is 959. The van der Waals surface area contributed by atoms with E-state index >= 15 is 0 Å². The van der Waals surface area contributed by atoms with Crippen LogP contribution < -0.4 is 9.47 Å². The fourth-order valence-electron chi connectivity index (χ4n) is 2.73. The predicted molar refractivity (Wildman–Crippen MR) is 104 cm³/mol. The Morgan fingerprint density at radius 3 is 2.07 bits per heavy atom. The zero-order valence-electron chi connectivity index (χ0n) is 15.1. The summed E-state index contributed by atoms with van der Waals surface area (Å²) in [6.07, 6.45) is 0. The molecule has 0 aliphatic heterocycles. The quantitative estimate of drug-likeness (QED) is 0.466. The van der Waals surface area contributed by atoms with Crippen LogP contribution in [0.2, 0.25) is 0 Å². The zero-order valence-corrected chi connectivity index (χ0v) is 16.0. The van der Waals surface area contributed by atoms with Gasteiger partial charge in [-0.05, 0) is 29.6 Å². The van der Waals surface area contributed by atoms with Gasteiger partial charge in [0.25, 0.3) is 0 Å². The molecule has 0 aliphatic carbocycles. The van der Waals surface area contributed by atoms with E-state index in [-0.39, 0.29) is 5.78 Å². The van der Waals surface area contributed by atoms with Gasteiger partial charge in [0.2, 0.25) is 0 Å². The van der Waals surface area contributed by atoms with Crippen molar-refractivity contribution in [3.8, 4) is 21.9 Å². The molecule has 0 aliphatic rings. The van der Waals surface area contributed by atoms with E-state index in [2.05, 4.69) is 4.74 Å². The molecule has 0 spiro atoms. The molecule has 2 aromatic carbocycles. The van der Waals surface area contributed by atoms with Gasteiger partial charge in [-0.25, -0.2) is 4.79 Å². The molecule has 0 radical (unpaired) electrons. The molecule has 0 fully saturated rings. The van der Waals surface area contributed by atoms with Crippen molar-refractivity contribution in [3.05, 3.63) is 70.6 Å². The van der Waals surface area contributed by atoms with Gasteiger partial charge in [0.1, 0.15) is 11.5 Å².